The van der Waals surface area contributed by atoms with Crippen molar-refractivity contribution >= 4 is 11.6 Å². The predicted molar refractivity (Wildman–Crippen MR) is 130 cm³/mol. The summed E-state index contributed by atoms with van der Waals surface area (Å²) in [7, 11) is 0. The summed E-state index contributed by atoms with van der Waals surface area (Å²) >= 11 is 0. The predicted octanol–water partition coefficient (Wildman–Crippen LogP) is 4.52. The molecule has 0 radical (unpaired) electrons. The lowest BCUT2D eigenvalue weighted by molar-refractivity contribution is -0.117. The Balaban J connectivity index is 1.20. The normalized spacial score (nSPS) is 16.8. The molecule has 2 aliphatic rings. The summed E-state index contributed by atoms with van der Waals surface area (Å²) in [5.74, 6) is 0.0825. The quantitative estimate of drug-likeness (QED) is 0.631. The van der Waals surface area contributed by atoms with E-state index in [9.17, 15) is 4.79 Å². The van der Waals surface area contributed by atoms with E-state index < -0.39 is 0 Å². The van der Waals surface area contributed by atoms with Crippen molar-refractivity contribution in [3.63, 3.8) is 0 Å². The van der Waals surface area contributed by atoms with Gasteiger partial charge in [-0.2, -0.15) is 0 Å². The molecule has 1 N–H and O–H groups in total. The Morgan fingerprint density at radius 3 is 2.06 bits per heavy atom. The number of carbonyl (C=O) groups is 1. The molecule has 1 aliphatic carbocycles. The van der Waals surface area contributed by atoms with Crippen LogP contribution in [-0.4, -0.2) is 48.4 Å². The van der Waals surface area contributed by atoms with E-state index in [1.165, 1.54) is 35.1 Å². The molecule has 4 heteroatoms. The highest BCUT2D eigenvalue weighted by Crippen LogP contribution is 2.29. The van der Waals surface area contributed by atoms with Gasteiger partial charge in [0.25, 0.3) is 0 Å². The molecule has 3 aromatic carbocycles. The van der Waals surface area contributed by atoms with Crippen molar-refractivity contribution in [3.8, 4) is 0 Å². The maximum atomic E-state index is 12.7. The van der Waals surface area contributed by atoms with Gasteiger partial charge < -0.3 is 5.32 Å². The van der Waals surface area contributed by atoms with Crippen LogP contribution in [0.1, 0.15) is 34.7 Å². The van der Waals surface area contributed by atoms with Crippen molar-refractivity contribution < 1.29 is 4.79 Å². The number of rotatable bonds is 6. The molecular formula is C28H31N3O. The summed E-state index contributed by atoms with van der Waals surface area (Å²) in [5.41, 5.74) is 6.40. The van der Waals surface area contributed by atoms with Gasteiger partial charge in [-0.1, -0.05) is 66.7 Å². The highest BCUT2D eigenvalue weighted by Gasteiger charge is 2.27. The van der Waals surface area contributed by atoms with Crippen LogP contribution in [0.3, 0.4) is 0 Å². The molecule has 0 saturated carbocycles. The number of nitrogens with zero attached hydrogens (tertiary/aromatic N) is 2. The highest BCUT2D eigenvalue weighted by atomic mass is 16.2. The highest BCUT2D eigenvalue weighted by molar-refractivity contribution is 5.92. The van der Waals surface area contributed by atoms with E-state index in [0.29, 0.717) is 6.54 Å². The summed E-state index contributed by atoms with van der Waals surface area (Å²) < 4.78 is 0. The molecule has 3 aromatic rings. The molecule has 0 bridgehead atoms. The van der Waals surface area contributed by atoms with Gasteiger partial charge in [0, 0.05) is 31.9 Å². The van der Waals surface area contributed by atoms with E-state index in [1.54, 1.807) is 0 Å². The van der Waals surface area contributed by atoms with Crippen LogP contribution in [0.25, 0.3) is 0 Å². The molecule has 0 aromatic heterocycles. The van der Waals surface area contributed by atoms with Gasteiger partial charge in [0.15, 0.2) is 0 Å². The van der Waals surface area contributed by atoms with Crippen LogP contribution in [0, 0.1) is 0 Å². The monoisotopic (exact) mass is 425 g/mol. The van der Waals surface area contributed by atoms with Crippen LogP contribution in [-0.2, 0) is 17.6 Å². The van der Waals surface area contributed by atoms with Crippen LogP contribution in [0.2, 0.25) is 0 Å². The second-order valence-electron chi connectivity index (χ2n) is 8.92. The van der Waals surface area contributed by atoms with Crippen molar-refractivity contribution in [1.29, 1.82) is 0 Å². The molecular weight excluding hydrogens is 394 g/mol. The van der Waals surface area contributed by atoms with Crippen molar-refractivity contribution in [2.24, 2.45) is 0 Å². The Labute approximate surface area is 190 Å². The molecule has 0 spiro atoms. The van der Waals surface area contributed by atoms with Crippen molar-refractivity contribution in [2.45, 2.75) is 25.3 Å². The van der Waals surface area contributed by atoms with Crippen LogP contribution < -0.4 is 5.32 Å². The molecule has 1 fully saturated rings. The van der Waals surface area contributed by atoms with E-state index in [1.807, 2.05) is 6.07 Å². The molecule has 0 atom stereocenters. The number of benzene rings is 3. The zero-order valence-corrected chi connectivity index (χ0v) is 18.5. The first-order chi connectivity index (χ1) is 15.8. The molecule has 1 heterocycles. The molecule has 4 nitrogen and oxygen atoms in total. The van der Waals surface area contributed by atoms with Crippen LogP contribution in [0.15, 0.2) is 78.9 Å². The van der Waals surface area contributed by atoms with E-state index in [4.69, 9.17) is 0 Å². The van der Waals surface area contributed by atoms with Gasteiger partial charge in [0.2, 0.25) is 5.91 Å². The molecule has 1 aliphatic heterocycles. The minimum absolute atomic E-state index is 0.0825. The third-order valence-electron chi connectivity index (χ3n) is 6.75. The Morgan fingerprint density at radius 1 is 0.781 bits per heavy atom. The number of nitrogens with one attached hydrogen (secondary N) is 1. The summed E-state index contributed by atoms with van der Waals surface area (Å²) in [5, 5.41) is 3.11. The van der Waals surface area contributed by atoms with Gasteiger partial charge >= 0.3 is 0 Å². The molecule has 0 unspecified atom stereocenters. The van der Waals surface area contributed by atoms with Crippen LogP contribution in [0.4, 0.5) is 5.69 Å². The molecule has 164 valence electrons. The Kier molecular flexibility index (Phi) is 6.33. The minimum Gasteiger partial charge on any atom is -0.325 e. The fourth-order valence-electron chi connectivity index (χ4n) is 5.12. The lowest BCUT2D eigenvalue weighted by Crippen LogP contribution is -2.49. The van der Waals surface area contributed by atoms with Crippen LogP contribution >= 0.6 is 0 Å². The first-order valence-corrected chi connectivity index (χ1v) is 11.7. The summed E-state index contributed by atoms with van der Waals surface area (Å²) in [6, 6.07) is 28.1. The average molecular weight is 426 g/mol. The number of aryl methyl sites for hydroxylation is 2. The first kappa shape index (κ1) is 20.9. The number of hydrogen-bond donors (Lipinski definition) is 1. The Bertz CT molecular complexity index is 1000. The Hall–Kier alpha value is -2.95. The van der Waals surface area contributed by atoms with Gasteiger partial charge in [-0.05, 0) is 53.6 Å². The first-order valence-electron chi connectivity index (χ1n) is 11.7. The standard InChI is InChI=1S/C28H31N3O/c32-27(29-26-15-14-22-12-7-13-25(22)20-26)21-30-16-18-31(19-17-30)28(23-8-3-1-4-9-23)24-10-5-2-6-11-24/h1-6,8-11,14-15,20,28H,7,12-13,16-19,21H2,(H,29,32). The molecule has 5 rings (SSSR count). The fraction of sp³-hybridized carbons (Fsp3) is 0.321. The zero-order chi connectivity index (χ0) is 21.8. The van der Waals surface area contributed by atoms with Gasteiger partial charge in [0.1, 0.15) is 0 Å². The molecule has 1 amide bonds. The number of amides is 1. The largest absolute Gasteiger partial charge is 0.325 e. The number of fused-ring (bicyclic) bond motifs is 1. The van der Waals surface area contributed by atoms with Gasteiger partial charge in [-0.25, -0.2) is 0 Å². The topological polar surface area (TPSA) is 35.6 Å². The lowest BCUT2D eigenvalue weighted by atomic mass is 9.96. The van der Waals surface area contributed by atoms with Gasteiger partial charge in [0.05, 0.1) is 12.6 Å². The fourth-order valence-corrected chi connectivity index (χ4v) is 5.12. The summed E-state index contributed by atoms with van der Waals surface area (Å²) in [6.45, 7) is 4.13. The van der Waals surface area contributed by atoms with Gasteiger partial charge in [-0.15, -0.1) is 0 Å². The van der Waals surface area contributed by atoms with E-state index in [0.717, 1.165) is 38.3 Å². The number of hydrogen-bond acceptors (Lipinski definition) is 3. The second-order valence-corrected chi connectivity index (χ2v) is 8.92. The Morgan fingerprint density at radius 2 is 1.41 bits per heavy atom. The van der Waals surface area contributed by atoms with E-state index in [2.05, 4.69) is 87.9 Å². The lowest BCUT2D eigenvalue weighted by Gasteiger charge is -2.39. The zero-order valence-electron chi connectivity index (χ0n) is 18.5. The molecule has 32 heavy (non-hydrogen) atoms. The van der Waals surface area contributed by atoms with Crippen LogP contribution in [0.5, 0.6) is 0 Å². The summed E-state index contributed by atoms with van der Waals surface area (Å²) in [6.07, 6.45) is 3.52. The van der Waals surface area contributed by atoms with E-state index in [-0.39, 0.29) is 11.9 Å². The number of carbonyl (C=O) groups excluding carboxylic acids is 1. The third-order valence-corrected chi connectivity index (χ3v) is 6.75. The molecule has 1 saturated heterocycles. The maximum Gasteiger partial charge on any atom is 0.238 e. The smallest absolute Gasteiger partial charge is 0.238 e. The summed E-state index contributed by atoms with van der Waals surface area (Å²) in [4.78, 5) is 17.5. The minimum atomic E-state index is 0.0825. The van der Waals surface area contributed by atoms with E-state index >= 15 is 0 Å². The van der Waals surface area contributed by atoms with Gasteiger partial charge in [-0.3, -0.25) is 14.6 Å². The SMILES string of the molecule is O=C(CN1CCN(C(c2ccccc2)c2ccccc2)CC1)Nc1ccc2c(c1)CCC2. The van der Waals surface area contributed by atoms with Crippen molar-refractivity contribution in [2.75, 3.05) is 38.0 Å². The third kappa shape index (κ3) is 4.77. The van der Waals surface area contributed by atoms with Crippen molar-refractivity contribution in [3.05, 3.63) is 101 Å². The van der Waals surface area contributed by atoms with Crippen molar-refractivity contribution in [1.82, 2.24) is 9.80 Å². The number of piperazine rings is 1. The number of anilines is 1. The average Bonchev–Trinajstić information content (AvgIpc) is 3.30. The maximum absolute atomic E-state index is 12.7. The second kappa shape index (κ2) is 9.68.